The van der Waals surface area contributed by atoms with Gasteiger partial charge in [0.15, 0.2) is 0 Å². The number of hydrogen-bond donors (Lipinski definition) is 2. The van der Waals surface area contributed by atoms with E-state index in [4.69, 9.17) is 0 Å². The van der Waals surface area contributed by atoms with Crippen molar-refractivity contribution in [2.75, 3.05) is 17.2 Å². The Morgan fingerprint density at radius 3 is 2.50 bits per heavy atom. The van der Waals surface area contributed by atoms with Crippen LogP contribution in [0.2, 0.25) is 0 Å². The van der Waals surface area contributed by atoms with Crippen molar-refractivity contribution in [2.45, 2.75) is 20.3 Å². The fourth-order valence-corrected chi connectivity index (χ4v) is 1.27. The Kier molecular flexibility index (Phi) is 3.98. The summed E-state index contributed by atoms with van der Waals surface area (Å²) in [7, 11) is 0. The van der Waals surface area contributed by atoms with Crippen molar-refractivity contribution < 1.29 is 4.79 Å². The molecule has 0 aromatic heterocycles. The molecule has 2 N–H and O–H groups in total. The molecular weight excluding hydrogens is 176 g/mol. The maximum absolute atomic E-state index is 11.1. The molecule has 3 nitrogen and oxygen atoms in total. The van der Waals surface area contributed by atoms with E-state index >= 15 is 0 Å². The van der Waals surface area contributed by atoms with E-state index in [1.54, 1.807) is 0 Å². The lowest BCUT2D eigenvalue weighted by Crippen LogP contribution is -2.10. The number of hydrogen-bond acceptors (Lipinski definition) is 2. The van der Waals surface area contributed by atoms with E-state index in [-0.39, 0.29) is 5.91 Å². The Morgan fingerprint density at radius 2 is 1.79 bits per heavy atom. The predicted molar refractivity (Wildman–Crippen MR) is 59.5 cm³/mol. The van der Waals surface area contributed by atoms with E-state index in [0.29, 0.717) is 13.0 Å². The Morgan fingerprint density at radius 1 is 1.14 bits per heavy atom. The van der Waals surface area contributed by atoms with Crippen LogP contribution in [0, 0.1) is 0 Å². The summed E-state index contributed by atoms with van der Waals surface area (Å²) in [4.78, 5) is 11.1. The molecule has 0 spiro atoms. The first-order valence-electron chi connectivity index (χ1n) is 4.99. The number of nitrogens with one attached hydrogen (secondary N) is 2. The van der Waals surface area contributed by atoms with Crippen LogP contribution in [0.25, 0.3) is 0 Å². The zero-order chi connectivity index (χ0) is 10.4. The van der Waals surface area contributed by atoms with Crippen LogP contribution in [-0.2, 0) is 4.79 Å². The molecule has 0 fully saturated rings. The first-order valence-corrected chi connectivity index (χ1v) is 4.99. The van der Waals surface area contributed by atoms with Gasteiger partial charge in [0.1, 0.15) is 0 Å². The Hall–Kier alpha value is -1.51. The van der Waals surface area contributed by atoms with Crippen molar-refractivity contribution >= 4 is 17.3 Å². The van der Waals surface area contributed by atoms with Crippen LogP contribution in [0.1, 0.15) is 20.3 Å². The van der Waals surface area contributed by atoms with Crippen molar-refractivity contribution in [1.29, 1.82) is 0 Å². The molecule has 1 aromatic rings. The van der Waals surface area contributed by atoms with Gasteiger partial charge < -0.3 is 10.6 Å². The lowest BCUT2D eigenvalue weighted by molar-refractivity contribution is -0.115. The summed E-state index contributed by atoms with van der Waals surface area (Å²) in [5, 5.41) is 5.99. The van der Waals surface area contributed by atoms with Gasteiger partial charge in [-0.05, 0) is 12.1 Å². The van der Waals surface area contributed by atoms with Crippen molar-refractivity contribution in [3.63, 3.8) is 0 Å². The monoisotopic (exact) mass is 192 g/mol. The fraction of sp³-hybridized carbons (Fsp3) is 0.364. The highest BCUT2D eigenvalue weighted by Crippen LogP contribution is 2.22. The lowest BCUT2D eigenvalue weighted by Gasteiger charge is -2.05. The number of rotatable bonds is 0. The third kappa shape index (κ3) is 2.49. The molecule has 0 saturated heterocycles. The molecule has 0 saturated carbocycles. The Balaban J connectivity index is 0.000000461. The molecule has 14 heavy (non-hydrogen) atoms. The van der Waals surface area contributed by atoms with Gasteiger partial charge in [-0.15, -0.1) is 0 Å². The number of anilines is 2. The fourth-order valence-electron chi connectivity index (χ4n) is 1.27. The minimum Gasteiger partial charge on any atom is -0.383 e. The van der Waals surface area contributed by atoms with Gasteiger partial charge in [-0.3, -0.25) is 4.79 Å². The number of fused-ring (bicyclic) bond motifs is 1. The van der Waals surface area contributed by atoms with Crippen molar-refractivity contribution in [1.82, 2.24) is 0 Å². The smallest absolute Gasteiger partial charge is 0.226 e. The maximum Gasteiger partial charge on any atom is 0.226 e. The third-order valence-corrected chi connectivity index (χ3v) is 1.87. The molecule has 76 valence electrons. The van der Waals surface area contributed by atoms with Gasteiger partial charge in [-0.1, -0.05) is 26.0 Å². The van der Waals surface area contributed by atoms with Crippen LogP contribution in [0.15, 0.2) is 24.3 Å². The summed E-state index contributed by atoms with van der Waals surface area (Å²) in [6.07, 6.45) is 0.536. The molecule has 1 aliphatic heterocycles. The highest BCUT2D eigenvalue weighted by molar-refractivity contribution is 5.95. The van der Waals surface area contributed by atoms with Crippen molar-refractivity contribution in [2.24, 2.45) is 0 Å². The summed E-state index contributed by atoms with van der Waals surface area (Å²) in [6.45, 7) is 4.71. The van der Waals surface area contributed by atoms with E-state index in [1.807, 2.05) is 38.1 Å². The number of carbonyl (C=O) groups is 1. The van der Waals surface area contributed by atoms with Gasteiger partial charge in [0.25, 0.3) is 0 Å². The minimum atomic E-state index is 0.0763. The molecule has 1 aliphatic rings. The van der Waals surface area contributed by atoms with Crippen LogP contribution < -0.4 is 10.6 Å². The molecule has 0 radical (unpaired) electrons. The molecule has 0 aliphatic carbocycles. The van der Waals surface area contributed by atoms with E-state index in [2.05, 4.69) is 10.6 Å². The number of para-hydroxylation sites is 2. The SMILES string of the molecule is CC.O=C1CCNc2ccccc2N1. The standard InChI is InChI=1S/C9H10N2O.C2H6/c12-9-5-6-10-7-3-1-2-4-8(7)11-9;1-2/h1-4,10H,5-6H2,(H,11,12);1-2H3. The van der Waals surface area contributed by atoms with Gasteiger partial charge >= 0.3 is 0 Å². The van der Waals surface area contributed by atoms with Crippen LogP contribution >= 0.6 is 0 Å². The Bertz CT molecular complexity index is 310. The zero-order valence-electron chi connectivity index (χ0n) is 8.63. The molecule has 2 rings (SSSR count). The highest BCUT2D eigenvalue weighted by atomic mass is 16.1. The molecule has 1 heterocycles. The number of carbonyl (C=O) groups excluding carboxylic acids is 1. The third-order valence-electron chi connectivity index (χ3n) is 1.87. The zero-order valence-corrected chi connectivity index (χ0v) is 8.63. The lowest BCUT2D eigenvalue weighted by atomic mass is 10.3. The summed E-state index contributed by atoms with van der Waals surface area (Å²) in [5.41, 5.74) is 1.88. The molecule has 3 heteroatoms. The van der Waals surface area contributed by atoms with Gasteiger partial charge in [0.2, 0.25) is 5.91 Å². The Labute approximate surface area is 84.5 Å². The first kappa shape index (κ1) is 10.6. The maximum atomic E-state index is 11.1. The molecule has 0 atom stereocenters. The average molecular weight is 192 g/mol. The van der Waals surface area contributed by atoms with Crippen molar-refractivity contribution in [3.8, 4) is 0 Å². The molecule has 0 bridgehead atoms. The number of benzene rings is 1. The van der Waals surface area contributed by atoms with E-state index in [1.165, 1.54) is 0 Å². The van der Waals surface area contributed by atoms with Gasteiger partial charge in [0.05, 0.1) is 11.4 Å². The predicted octanol–water partition coefficient (Wildman–Crippen LogP) is 2.47. The number of amides is 1. The molecule has 1 aromatic carbocycles. The van der Waals surface area contributed by atoms with Crippen LogP contribution in [-0.4, -0.2) is 12.5 Å². The van der Waals surface area contributed by atoms with Crippen LogP contribution in [0.3, 0.4) is 0 Å². The van der Waals surface area contributed by atoms with Crippen molar-refractivity contribution in [3.05, 3.63) is 24.3 Å². The minimum absolute atomic E-state index is 0.0763. The summed E-state index contributed by atoms with van der Waals surface area (Å²) >= 11 is 0. The van der Waals surface area contributed by atoms with Gasteiger partial charge in [0, 0.05) is 13.0 Å². The normalized spacial score (nSPS) is 13.7. The molecule has 0 unspecified atom stereocenters. The summed E-state index contributed by atoms with van der Waals surface area (Å²) in [6, 6.07) is 7.71. The quantitative estimate of drug-likeness (QED) is 0.663. The van der Waals surface area contributed by atoms with E-state index in [9.17, 15) is 4.79 Å². The topological polar surface area (TPSA) is 41.1 Å². The van der Waals surface area contributed by atoms with E-state index < -0.39 is 0 Å². The first-order chi connectivity index (χ1) is 6.86. The largest absolute Gasteiger partial charge is 0.383 e. The average Bonchev–Trinajstić information content (AvgIpc) is 2.41. The summed E-state index contributed by atoms with van der Waals surface area (Å²) in [5.74, 6) is 0.0763. The second-order valence-electron chi connectivity index (χ2n) is 2.77. The van der Waals surface area contributed by atoms with E-state index in [0.717, 1.165) is 11.4 Å². The van der Waals surface area contributed by atoms with Crippen LogP contribution in [0.5, 0.6) is 0 Å². The summed E-state index contributed by atoms with van der Waals surface area (Å²) < 4.78 is 0. The van der Waals surface area contributed by atoms with Gasteiger partial charge in [-0.25, -0.2) is 0 Å². The second kappa shape index (κ2) is 5.27. The van der Waals surface area contributed by atoms with Gasteiger partial charge in [-0.2, -0.15) is 0 Å². The second-order valence-corrected chi connectivity index (χ2v) is 2.77. The highest BCUT2D eigenvalue weighted by Gasteiger charge is 2.09. The van der Waals surface area contributed by atoms with Crippen LogP contribution in [0.4, 0.5) is 11.4 Å². The molecule has 1 amide bonds. The molecular formula is C11H16N2O.